The Morgan fingerprint density at radius 1 is 1.21 bits per heavy atom. The lowest BCUT2D eigenvalue weighted by molar-refractivity contribution is -0.141. The average molecular weight is 492 g/mol. The summed E-state index contributed by atoms with van der Waals surface area (Å²) >= 11 is 6.33. The third-order valence-electron chi connectivity index (χ3n) is 5.95. The molecule has 0 fully saturated rings. The normalized spacial score (nSPS) is 19.6. The van der Waals surface area contributed by atoms with E-state index in [1.165, 1.54) is 0 Å². The third-order valence-corrected chi connectivity index (χ3v) is 6.24. The number of benzene rings is 1. The second-order valence-electron chi connectivity index (χ2n) is 9.46. The van der Waals surface area contributed by atoms with Gasteiger partial charge >= 0.3 is 5.97 Å². The van der Waals surface area contributed by atoms with Gasteiger partial charge in [-0.05, 0) is 49.8 Å². The Morgan fingerprint density at radius 3 is 2.62 bits per heavy atom. The Labute approximate surface area is 206 Å². The summed E-state index contributed by atoms with van der Waals surface area (Å²) in [5.41, 5.74) is 2.67. The van der Waals surface area contributed by atoms with Gasteiger partial charge in [0.2, 0.25) is 0 Å². The van der Waals surface area contributed by atoms with Gasteiger partial charge in [-0.25, -0.2) is 4.79 Å². The quantitative estimate of drug-likeness (QED) is 0.370. The van der Waals surface area contributed by atoms with E-state index < -0.39 is 11.9 Å². The Morgan fingerprint density at radius 2 is 1.94 bits per heavy atom. The number of hydrogen-bond acceptors (Lipinski definition) is 7. The van der Waals surface area contributed by atoms with E-state index in [1.54, 1.807) is 26.0 Å². The molecule has 0 unspecified atom stereocenters. The highest BCUT2D eigenvalue weighted by atomic mass is 35.5. The molecule has 3 rings (SSSR count). The Kier molecular flexibility index (Phi) is 8.31. The van der Waals surface area contributed by atoms with Gasteiger partial charge in [0.1, 0.15) is 6.61 Å². The number of phenols is 1. The number of carbonyl (C=O) groups excluding carboxylic acids is 2. The topological polar surface area (TPSA) is 94.1 Å². The molecule has 0 saturated heterocycles. The molecule has 2 aliphatic rings. The van der Waals surface area contributed by atoms with Gasteiger partial charge < -0.3 is 24.6 Å². The van der Waals surface area contributed by atoms with Crippen molar-refractivity contribution in [1.29, 1.82) is 0 Å². The second-order valence-corrected chi connectivity index (χ2v) is 9.87. The molecule has 1 aliphatic carbocycles. The molecule has 0 saturated carbocycles. The Bertz CT molecular complexity index is 1030. The predicted molar refractivity (Wildman–Crippen MR) is 130 cm³/mol. The zero-order chi connectivity index (χ0) is 25.0. The summed E-state index contributed by atoms with van der Waals surface area (Å²) in [6, 6.07) is 3.22. The lowest BCUT2D eigenvalue weighted by Crippen LogP contribution is -2.38. The molecular weight excluding hydrogens is 458 g/mol. The number of nitrogens with one attached hydrogen (secondary N) is 1. The van der Waals surface area contributed by atoms with Crippen LogP contribution in [-0.2, 0) is 19.1 Å². The number of phenolic OH excluding ortho intramolecular Hbond substituents is 1. The summed E-state index contributed by atoms with van der Waals surface area (Å²) in [5.74, 6) is -1.23. The van der Waals surface area contributed by atoms with Gasteiger partial charge in [0.15, 0.2) is 17.3 Å². The monoisotopic (exact) mass is 491 g/mol. The first-order valence-electron chi connectivity index (χ1n) is 11.7. The molecular formula is C26H34ClNO6. The number of aromatic hydroxyl groups is 1. The van der Waals surface area contributed by atoms with Gasteiger partial charge in [0, 0.05) is 35.9 Å². The average Bonchev–Trinajstić information content (AvgIpc) is 2.74. The van der Waals surface area contributed by atoms with Crippen molar-refractivity contribution >= 4 is 23.4 Å². The van der Waals surface area contributed by atoms with Gasteiger partial charge in [-0.15, -0.1) is 0 Å². The first kappa shape index (κ1) is 26.1. The van der Waals surface area contributed by atoms with Gasteiger partial charge in [0.25, 0.3) is 0 Å². The van der Waals surface area contributed by atoms with Crippen LogP contribution < -0.4 is 10.1 Å². The van der Waals surface area contributed by atoms with E-state index in [0.29, 0.717) is 55.1 Å². The van der Waals surface area contributed by atoms with E-state index in [2.05, 4.69) is 19.2 Å². The molecule has 1 aromatic rings. The van der Waals surface area contributed by atoms with Crippen LogP contribution in [0.4, 0.5) is 0 Å². The molecule has 8 heteroatoms. The number of ketones is 1. The molecule has 34 heavy (non-hydrogen) atoms. The maximum absolute atomic E-state index is 13.4. The van der Waals surface area contributed by atoms with Crippen molar-refractivity contribution in [3.8, 4) is 11.5 Å². The number of halogens is 1. The van der Waals surface area contributed by atoms with Crippen LogP contribution >= 0.6 is 11.6 Å². The summed E-state index contributed by atoms with van der Waals surface area (Å²) in [6.45, 7) is 11.0. The van der Waals surface area contributed by atoms with Crippen LogP contribution in [0.1, 0.15) is 65.4 Å². The standard InChI is InChI=1S/C26H34ClNO6/c1-6-8-32-9-10-34-25(31)21-15(3)28-18-13-26(4,5)14-19(29)23(18)22(21)16-11-17(27)24(30)20(12-16)33-7-2/h11-12,22,28,30H,6-10,13-14H2,1-5H3/t22-/m0/s1. The van der Waals surface area contributed by atoms with Crippen molar-refractivity contribution in [1.82, 2.24) is 5.32 Å². The molecule has 0 spiro atoms. The molecule has 0 bridgehead atoms. The zero-order valence-electron chi connectivity index (χ0n) is 20.5. The smallest absolute Gasteiger partial charge is 0.336 e. The molecule has 1 heterocycles. The van der Waals surface area contributed by atoms with Gasteiger partial charge in [-0.1, -0.05) is 32.4 Å². The maximum atomic E-state index is 13.4. The number of allylic oxidation sites excluding steroid dienone is 3. The number of dihydropyridines is 1. The van der Waals surface area contributed by atoms with Crippen molar-refractivity contribution in [3.63, 3.8) is 0 Å². The molecule has 0 radical (unpaired) electrons. The Hall–Kier alpha value is -2.51. The minimum atomic E-state index is -0.693. The van der Waals surface area contributed by atoms with Gasteiger partial charge in [-0.2, -0.15) is 0 Å². The van der Waals surface area contributed by atoms with Crippen molar-refractivity contribution < 1.29 is 28.9 Å². The highest BCUT2D eigenvalue weighted by Gasteiger charge is 2.43. The molecule has 0 aromatic heterocycles. The fourth-order valence-corrected chi connectivity index (χ4v) is 4.80. The van der Waals surface area contributed by atoms with E-state index in [-0.39, 0.29) is 34.3 Å². The number of rotatable bonds is 9. The summed E-state index contributed by atoms with van der Waals surface area (Å²) in [7, 11) is 0. The predicted octanol–water partition coefficient (Wildman–Crippen LogP) is 5.02. The number of esters is 1. The minimum absolute atomic E-state index is 0.0324. The molecule has 1 aliphatic heterocycles. The van der Waals surface area contributed by atoms with Gasteiger partial charge in [-0.3, -0.25) is 4.79 Å². The van der Waals surface area contributed by atoms with E-state index in [1.807, 2.05) is 6.92 Å². The highest BCUT2D eigenvalue weighted by Crippen LogP contribution is 2.49. The maximum Gasteiger partial charge on any atom is 0.336 e. The van der Waals surface area contributed by atoms with Crippen LogP contribution in [0.15, 0.2) is 34.7 Å². The SMILES string of the molecule is CCCOCCOC(=O)C1=C(C)NC2=C(C(=O)CC(C)(C)C2)[C@H]1c1cc(Cl)c(O)c(OCC)c1. The lowest BCUT2D eigenvalue weighted by Gasteiger charge is -2.39. The molecule has 0 amide bonds. The Balaban J connectivity index is 2.07. The van der Waals surface area contributed by atoms with Crippen molar-refractivity contribution in [2.75, 3.05) is 26.4 Å². The fraction of sp³-hybridized carbons (Fsp3) is 0.538. The molecule has 1 aromatic carbocycles. The summed E-state index contributed by atoms with van der Waals surface area (Å²) < 4.78 is 16.5. The number of hydrogen-bond donors (Lipinski definition) is 2. The van der Waals surface area contributed by atoms with Crippen LogP contribution in [0.3, 0.4) is 0 Å². The van der Waals surface area contributed by atoms with E-state index in [4.69, 9.17) is 25.8 Å². The fourth-order valence-electron chi connectivity index (χ4n) is 4.58. The summed E-state index contributed by atoms with van der Waals surface area (Å²) in [6.07, 6.45) is 1.91. The summed E-state index contributed by atoms with van der Waals surface area (Å²) in [5, 5.41) is 13.7. The second kappa shape index (κ2) is 10.8. The van der Waals surface area contributed by atoms with Gasteiger partial charge in [0.05, 0.1) is 23.8 Å². The number of Topliss-reactive ketones (excluding diaryl/α,β-unsaturated/α-hetero) is 1. The third kappa shape index (κ3) is 5.58. The van der Waals surface area contributed by atoms with Crippen LogP contribution in [0.2, 0.25) is 5.02 Å². The van der Waals surface area contributed by atoms with E-state index >= 15 is 0 Å². The largest absolute Gasteiger partial charge is 0.503 e. The van der Waals surface area contributed by atoms with Crippen LogP contribution in [0, 0.1) is 5.41 Å². The first-order valence-corrected chi connectivity index (χ1v) is 12.1. The highest BCUT2D eigenvalue weighted by molar-refractivity contribution is 6.32. The van der Waals surface area contributed by atoms with E-state index in [9.17, 15) is 14.7 Å². The van der Waals surface area contributed by atoms with E-state index in [0.717, 1.165) is 12.1 Å². The first-order chi connectivity index (χ1) is 16.1. The van der Waals surface area contributed by atoms with Crippen molar-refractivity contribution in [2.24, 2.45) is 5.41 Å². The lowest BCUT2D eigenvalue weighted by atomic mass is 9.68. The molecule has 7 nitrogen and oxygen atoms in total. The number of ether oxygens (including phenoxy) is 3. The van der Waals surface area contributed by atoms with Crippen molar-refractivity contribution in [2.45, 2.75) is 59.8 Å². The minimum Gasteiger partial charge on any atom is -0.503 e. The zero-order valence-corrected chi connectivity index (χ0v) is 21.3. The molecule has 2 N–H and O–H groups in total. The van der Waals surface area contributed by atoms with Crippen molar-refractivity contribution in [3.05, 3.63) is 45.3 Å². The molecule has 1 atom stereocenters. The number of carbonyl (C=O) groups is 2. The summed E-state index contributed by atoms with van der Waals surface area (Å²) in [4.78, 5) is 26.7. The molecule has 186 valence electrons. The van der Waals surface area contributed by atoms with Crippen LogP contribution in [0.5, 0.6) is 11.5 Å². The van der Waals surface area contributed by atoms with Crippen LogP contribution in [0.25, 0.3) is 0 Å². The van der Waals surface area contributed by atoms with Crippen LogP contribution in [-0.4, -0.2) is 43.3 Å².